The number of carbonyl (C=O) groups excluding carboxylic acids is 2. The molecule has 0 radical (unpaired) electrons. The highest BCUT2D eigenvalue weighted by atomic mass is 16.2. The maximum absolute atomic E-state index is 12.5. The van der Waals surface area contributed by atoms with Crippen molar-refractivity contribution in [1.29, 1.82) is 0 Å². The second-order valence-electron chi connectivity index (χ2n) is 6.56. The lowest BCUT2D eigenvalue weighted by Gasteiger charge is -2.32. The molecule has 0 spiro atoms. The number of carbonyl (C=O) groups is 2. The summed E-state index contributed by atoms with van der Waals surface area (Å²) in [6.45, 7) is 5.76. The van der Waals surface area contributed by atoms with Gasteiger partial charge in [0, 0.05) is 19.2 Å². The molecule has 2 unspecified atom stereocenters. The van der Waals surface area contributed by atoms with Crippen LogP contribution < -0.4 is 5.32 Å². The Balaban J connectivity index is 2.03. The first-order chi connectivity index (χ1) is 11.5. The van der Waals surface area contributed by atoms with Crippen LogP contribution in [0.4, 0.5) is 0 Å². The monoisotopic (exact) mass is 328 g/mol. The number of unbranched alkanes of at least 4 members (excludes halogenated alkanes) is 2. The molecule has 2 rings (SSSR count). The second-order valence-corrected chi connectivity index (χ2v) is 6.56. The van der Waals surface area contributed by atoms with Gasteiger partial charge in [0.15, 0.2) is 0 Å². The van der Waals surface area contributed by atoms with Crippen LogP contribution in [0.1, 0.15) is 70.0 Å². The molecule has 1 aromatic rings. The third-order valence-electron chi connectivity index (χ3n) is 4.50. The number of hydrogen-bond acceptors (Lipinski definition) is 2. The van der Waals surface area contributed by atoms with Crippen LogP contribution in [0.3, 0.4) is 0 Å². The molecule has 0 aliphatic carbocycles. The SMILES string of the molecule is CCCCCC(C)NC(=O)CC1c2ccccc2C=CN1C(C)=O. The summed E-state index contributed by atoms with van der Waals surface area (Å²) >= 11 is 0. The van der Waals surface area contributed by atoms with Gasteiger partial charge in [-0.15, -0.1) is 0 Å². The smallest absolute Gasteiger partial charge is 0.223 e. The van der Waals surface area contributed by atoms with Crippen LogP contribution in [0.2, 0.25) is 0 Å². The predicted molar refractivity (Wildman–Crippen MR) is 97.1 cm³/mol. The molecular weight excluding hydrogens is 300 g/mol. The number of hydrogen-bond donors (Lipinski definition) is 1. The number of nitrogens with one attached hydrogen (secondary N) is 1. The predicted octanol–water partition coefficient (Wildman–Crippen LogP) is 4.04. The van der Waals surface area contributed by atoms with Gasteiger partial charge in [-0.25, -0.2) is 0 Å². The molecular formula is C20H28N2O2. The van der Waals surface area contributed by atoms with Gasteiger partial charge in [-0.3, -0.25) is 9.59 Å². The maximum atomic E-state index is 12.5. The Bertz CT molecular complexity index is 609. The summed E-state index contributed by atoms with van der Waals surface area (Å²) < 4.78 is 0. The van der Waals surface area contributed by atoms with Crippen molar-refractivity contribution in [1.82, 2.24) is 10.2 Å². The highest BCUT2D eigenvalue weighted by Gasteiger charge is 2.28. The van der Waals surface area contributed by atoms with Crippen molar-refractivity contribution in [3.05, 3.63) is 41.6 Å². The van der Waals surface area contributed by atoms with Crippen molar-refractivity contribution in [2.45, 2.75) is 65.0 Å². The topological polar surface area (TPSA) is 49.4 Å². The normalized spacial score (nSPS) is 17.3. The van der Waals surface area contributed by atoms with E-state index in [2.05, 4.69) is 12.2 Å². The second kappa shape index (κ2) is 8.67. The Morgan fingerprint density at radius 3 is 2.71 bits per heavy atom. The lowest BCUT2D eigenvalue weighted by atomic mass is 9.93. The molecule has 24 heavy (non-hydrogen) atoms. The summed E-state index contributed by atoms with van der Waals surface area (Å²) in [5.41, 5.74) is 2.10. The minimum atomic E-state index is -0.230. The lowest BCUT2D eigenvalue weighted by Crippen LogP contribution is -2.38. The molecule has 2 atom stereocenters. The molecule has 130 valence electrons. The first-order valence-electron chi connectivity index (χ1n) is 8.88. The molecule has 0 fully saturated rings. The summed E-state index contributed by atoms with van der Waals surface area (Å²) in [5, 5.41) is 3.08. The molecule has 0 aromatic heterocycles. The molecule has 1 aromatic carbocycles. The molecule has 2 amide bonds. The van der Waals surface area contributed by atoms with Gasteiger partial charge in [0.2, 0.25) is 11.8 Å². The summed E-state index contributed by atoms with van der Waals surface area (Å²) in [4.78, 5) is 26.1. The molecule has 1 heterocycles. The fraction of sp³-hybridized carbons (Fsp3) is 0.500. The highest BCUT2D eigenvalue weighted by Crippen LogP contribution is 2.32. The molecule has 0 bridgehead atoms. The Hall–Kier alpha value is -2.10. The third-order valence-corrected chi connectivity index (χ3v) is 4.50. The Labute approximate surface area is 144 Å². The van der Waals surface area contributed by atoms with E-state index in [1.54, 1.807) is 11.1 Å². The van der Waals surface area contributed by atoms with Crippen molar-refractivity contribution in [3.63, 3.8) is 0 Å². The van der Waals surface area contributed by atoms with Crippen LogP contribution in [0.15, 0.2) is 30.5 Å². The van der Waals surface area contributed by atoms with Gasteiger partial charge in [0.25, 0.3) is 0 Å². The summed E-state index contributed by atoms with van der Waals surface area (Å²) in [5.74, 6) is -0.0464. The van der Waals surface area contributed by atoms with Crippen LogP contribution in [0.5, 0.6) is 0 Å². The van der Waals surface area contributed by atoms with E-state index in [1.165, 1.54) is 19.8 Å². The first kappa shape index (κ1) is 18.2. The van der Waals surface area contributed by atoms with Crippen LogP contribution in [-0.2, 0) is 9.59 Å². The van der Waals surface area contributed by atoms with E-state index in [0.717, 1.165) is 24.0 Å². The van der Waals surface area contributed by atoms with Crippen LogP contribution in [0, 0.1) is 0 Å². The summed E-state index contributed by atoms with van der Waals surface area (Å²) in [6.07, 6.45) is 8.51. The first-order valence-corrected chi connectivity index (χ1v) is 8.88. The zero-order valence-electron chi connectivity index (χ0n) is 14.9. The van der Waals surface area contributed by atoms with Gasteiger partial charge in [0.1, 0.15) is 0 Å². The van der Waals surface area contributed by atoms with E-state index in [4.69, 9.17) is 0 Å². The van der Waals surface area contributed by atoms with Gasteiger partial charge < -0.3 is 10.2 Å². The maximum Gasteiger partial charge on any atom is 0.223 e. The van der Waals surface area contributed by atoms with E-state index in [0.29, 0.717) is 6.42 Å². The standard InChI is InChI=1S/C20H28N2O2/c1-4-5-6-9-15(2)21-20(24)14-19-18-11-8-7-10-17(18)12-13-22(19)16(3)23/h7-8,10-13,15,19H,4-6,9,14H2,1-3H3,(H,21,24). The van der Waals surface area contributed by atoms with Crippen molar-refractivity contribution >= 4 is 17.9 Å². The zero-order valence-corrected chi connectivity index (χ0v) is 14.9. The third kappa shape index (κ3) is 4.70. The highest BCUT2D eigenvalue weighted by molar-refractivity contribution is 5.81. The Kier molecular flexibility index (Phi) is 6.59. The number of fused-ring (bicyclic) bond motifs is 1. The average molecular weight is 328 g/mol. The minimum absolute atomic E-state index is 0.000325. The van der Waals surface area contributed by atoms with Gasteiger partial charge in [-0.1, -0.05) is 50.5 Å². The van der Waals surface area contributed by atoms with Gasteiger partial charge in [-0.2, -0.15) is 0 Å². The van der Waals surface area contributed by atoms with E-state index in [9.17, 15) is 9.59 Å². The molecule has 4 heteroatoms. The fourth-order valence-electron chi connectivity index (χ4n) is 3.20. The van der Waals surface area contributed by atoms with E-state index >= 15 is 0 Å². The van der Waals surface area contributed by atoms with Crippen molar-refractivity contribution in [3.8, 4) is 0 Å². The lowest BCUT2D eigenvalue weighted by molar-refractivity contribution is -0.130. The average Bonchev–Trinajstić information content (AvgIpc) is 2.55. The Morgan fingerprint density at radius 2 is 2.00 bits per heavy atom. The van der Waals surface area contributed by atoms with E-state index in [-0.39, 0.29) is 23.9 Å². The van der Waals surface area contributed by atoms with E-state index < -0.39 is 0 Å². The van der Waals surface area contributed by atoms with Crippen molar-refractivity contribution < 1.29 is 9.59 Å². The van der Waals surface area contributed by atoms with Crippen molar-refractivity contribution in [2.24, 2.45) is 0 Å². The molecule has 1 N–H and O–H groups in total. The summed E-state index contributed by atoms with van der Waals surface area (Å²) in [6, 6.07) is 7.88. The van der Waals surface area contributed by atoms with Crippen LogP contribution in [-0.4, -0.2) is 22.8 Å². The zero-order chi connectivity index (χ0) is 17.5. The Morgan fingerprint density at radius 1 is 1.25 bits per heavy atom. The molecule has 1 aliphatic rings. The summed E-state index contributed by atoms with van der Waals surface area (Å²) in [7, 11) is 0. The quantitative estimate of drug-likeness (QED) is 0.768. The molecule has 0 saturated carbocycles. The fourth-order valence-corrected chi connectivity index (χ4v) is 3.20. The van der Waals surface area contributed by atoms with Gasteiger partial charge >= 0.3 is 0 Å². The molecule has 4 nitrogen and oxygen atoms in total. The van der Waals surface area contributed by atoms with Gasteiger partial charge in [0.05, 0.1) is 12.5 Å². The largest absolute Gasteiger partial charge is 0.354 e. The van der Waals surface area contributed by atoms with Crippen molar-refractivity contribution in [2.75, 3.05) is 0 Å². The molecule has 1 aliphatic heterocycles. The molecule has 0 saturated heterocycles. The number of nitrogens with zero attached hydrogens (tertiary/aromatic N) is 1. The van der Waals surface area contributed by atoms with Gasteiger partial charge in [-0.05, 0) is 30.5 Å². The number of amides is 2. The minimum Gasteiger partial charge on any atom is -0.354 e. The van der Waals surface area contributed by atoms with Crippen LogP contribution in [0.25, 0.3) is 6.08 Å². The van der Waals surface area contributed by atoms with E-state index in [1.807, 2.05) is 37.3 Å². The number of benzene rings is 1. The number of rotatable bonds is 7. The van der Waals surface area contributed by atoms with Crippen LogP contribution >= 0.6 is 0 Å².